The summed E-state index contributed by atoms with van der Waals surface area (Å²) in [4.78, 5) is 25.1. The lowest BCUT2D eigenvalue weighted by Crippen LogP contribution is -2.28. The first-order valence-electron chi connectivity index (χ1n) is 9.82. The smallest absolute Gasteiger partial charge is 0.268 e. The number of rotatable bonds is 4. The number of carbonyl (C=O) groups excluding carboxylic acids is 1. The number of carbonyl (C=O) groups is 1. The van der Waals surface area contributed by atoms with Crippen molar-refractivity contribution in [3.05, 3.63) is 105 Å². The third-order valence-electron chi connectivity index (χ3n) is 4.72. The number of aromatic nitrogens is 1. The molecule has 1 saturated heterocycles. The van der Waals surface area contributed by atoms with Crippen LogP contribution in [0.5, 0.6) is 0 Å². The topological polar surface area (TPSA) is 45.6 Å². The third-order valence-corrected chi connectivity index (χ3v) is 6.92. The molecule has 32 heavy (non-hydrogen) atoms. The molecular weight excluding hydrogens is 502 g/mol. The Morgan fingerprint density at radius 1 is 0.938 bits per heavy atom. The predicted octanol–water partition coefficient (Wildman–Crippen LogP) is 7.38. The molecule has 0 aliphatic carbocycles. The summed E-state index contributed by atoms with van der Waals surface area (Å²) in [7, 11) is 0. The first-order valence-corrected chi connectivity index (χ1v) is 12.3. The maximum atomic E-state index is 13.3. The molecule has 1 aliphatic heterocycles. The highest BCUT2D eigenvalue weighted by molar-refractivity contribution is 9.10. The van der Waals surface area contributed by atoms with Crippen molar-refractivity contribution in [1.29, 1.82) is 0 Å². The second kappa shape index (κ2) is 9.24. The second-order valence-corrected chi connectivity index (χ2v) is 9.68. The van der Waals surface area contributed by atoms with E-state index in [1.165, 1.54) is 23.1 Å². The molecular formula is C25H16BrN3OS2. The molecule has 1 aromatic heterocycles. The Morgan fingerprint density at radius 2 is 1.69 bits per heavy atom. The zero-order valence-corrected chi connectivity index (χ0v) is 19.9. The number of nitrogens with zero attached hydrogens (tertiary/aromatic N) is 3. The Labute approximate surface area is 202 Å². The molecule has 0 spiro atoms. The first kappa shape index (κ1) is 20.9. The van der Waals surface area contributed by atoms with Crippen molar-refractivity contribution >= 4 is 67.0 Å². The second-order valence-electron chi connectivity index (χ2n) is 6.92. The van der Waals surface area contributed by atoms with Crippen LogP contribution in [0, 0.1) is 0 Å². The van der Waals surface area contributed by atoms with Gasteiger partial charge in [-0.2, -0.15) is 4.99 Å². The van der Waals surface area contributed by atoms with Crippen molar-refractivity contribution in [2.45, 2.75) is 0 Å². The van der Waals surface area contributed by atoms with Gasteiger partial charge in [0.15, 0.2) is 5.17 Å². The van der Waals surface area contributed by atoms with Crippen LogP contribution in [0.15, 0.2) is 105 Å². The minimum atomic E-state index is -0.0974. The molecule has 1 fully saturated rings. The van der Waals surface area contributed by atoms with Gasteiger partial charge in [0.1, 0.15) is 0 Å². The van der Waals surface area contributed by atoms with Gasteiger partial charge in [0.2, 0.25) is 5.13 Å². The van der Waals surface area contributed by atoms with Gasteiger partial charge in [0.25, 0.3) is 5.91 Å². The van der Waals surface area contributed by atoms with Crippen LogP contribution in [0.2, 0.25) is 0 Å². The molecule has 1 amide bonds. The zero-order chi connectivity index (χ0) is 21.9. The summed E-state index contributed by atoms with van der Waals surface area (Å²) in [5.41, 5.74) is 3.65. The monoisotopic (exact) mass is 517 g/mol. The normalized spacial score (nSPS) is 16.3. The van der Waals surface area contributed by atoms with Gasteiger partial charge in [0, 0.05) is 15.4 Å². The molecule has 156 valence electrons. The van der Waals surface area contributed by atoms with Gasteiger partial charge in [-0.25, -0.2) is 4.98 Å². The van der Waals surface area contributed by atoms with E-state index in [1.807, 2.05) is 96.4 Å². The van der Waals surface area contributed by atoms with Gasteiger partial charge in [-0.3, -0.25) is 9.69 Å². The molecule has 2 heterocycles. The molecule has 0 atom stereocenters. The SMILES string of the molecule is O=C1/C(=C/c2cccc(Br)c2)S/C(=N/c2nc(-c3ccccc3)cs2)N1c1ccccc1. The Kier molecular flexibility index (Phi) is 6.03. The Bertz CT molecular complexity index is 1330. The number of para-hydroxylation sites is 1. The van der Waals surface area contributed by atoms with Gasteiger partial charge in [-0.1, -0.05) is 76.6 Å². The molecule has 5 rings (SSSR count). The zero-order valence-electron chi connectivity index (χ0n) is 16.7. The third kappa shape index (κ3) is 4.46. The highest BCUT2D eigenvalue weighted by Gasteiger charge is 2.35. The van der Waals surface area contributed by atoms with Crippen molar-refractivity contribution in [2.75, 3.05) is 4.90 Å². The van der Waals surface area contributed by atoms with Crippen LogP contribution < -0.4 is 4.90 Å². The Morgan fingerprint density at radius 3 is 2.44 bits per heavy atom. The molecule has 0 unspecified atom stereocenters. The summed E-state index contributed by atoms with van der Waals surface area (Å²) in [5, 5.41) is 3.20. The van der Waals surface area contributed by atoms with Crippen LogP contribution in [0.1, 0.15) is 5.56 Å². The minimum absolute atomic E-state index is 0.0974. The van der Waals surface area contributed by atoms with E-state index in [9.17, 15) is 4.79 Å². The highest BCUT2D eigenvalue weighted by Crippen LogP contribution is 2.38. The summed E-state index contributed by atoms with van der Waals surface area (Å²) in [6.07, 6.45) is 1.90. The fourth-order valence-electron chi connectivity index (χ4n) is 3.24. The summed E-state index contributed by atoms with van der Waals surface area (Å²) in [5.74, 6) is -0.0974. The van der Waals surface area contributed by atoms with Crippen LogP contribution in [0.25, 0.3) is 17.3 Å². The number of amidine groups is 1. The van der Waals surface area contributed by atoms with Crippen LogP contribution in [-0.2, 0) is 4.79 Å². The lowest BCUT2D eigenvalue weighted by atomic mass is 10.2. The van der Waals surface area contributed by atoms with E-state index in [-0.39, 0.29) is 5.91 Å². The van der Waals surface area contributed by atoms with Crippen LogP contribution >= 0.6 is 39.0 Å². The van der Waals surface area contributed by atoms with Gasteiger partial charge in [-0.15, -0.1) is 11.3 Å². The molecule has 0 N–H and O–H groups in total. The van der Waals surface area contributed by atoms with Crippen molar-refractivity contribution in [1.82, 2.24) is 4.98 Å². The summed E-state index contributed by atoms with van der Waals surface area (Å²) in [6.45, 7) is 0. The van der Waals surface area contributed by atoms with E-state index < -0.39 is 0 Å². The number of hydrogen-bond donors (Lipinski definition) is 0. The summed E-state index contributed by atoms with van der Waals surface area (Å²) >= 11 is 6.31. The molecule has 4 aromatic rings. The van der Waals surface area contributed by atoms with Crippen LogP contribution in [0.4, 0.5) is 10.8 Å². The first-order chi connectivity index (χ1) is 15.7. The van der Waals surface area contributed by atoms with Crippen molar-refractivity contribution in [2.24, 2.45) is 4.99 Å². The van der Waals surface area contributed by atoms with Gasteiger partial charge >= 0.3 is 0 Å². The molecule has 4 nitrogen and oxygen atoms in total. The summed E-state index contributed by atoms with van der Waals surface area (Å²) < 4.78 is 0.965. The van der Waals surface area contributed by atoms with Crippen LogP contribution in [-0.4, -0.2) is 16.1 Å². The average molecular weight is 518 g/mol. The fourth-order valence-corrected chi connectivity index (χ4v) is 5.39. The van der Waals surface area contributed by atoms with Gasteiger partial charge in [-0.05, 0) is 47.7 Å². The molecule has 3 aromatic carbocycles. The largest absolute Gasteiger partial charge is 0.271 e. The maximum Gasteiger partial charge on any atom is 0.271 e. The van der Waals surface area contributed by atoms with Gasteiger partial charge in [0.05, 0.1) is 16.3 Å². The Hall–Kier alpha value is -3.00. The number of thiazole rings is 1. The van der Waals surface area contributed by atoms with E-state index in [0.29, 0.717) is 15.2 Å². The lowest BCUT2D eigenvalue weighted by molar-refractivity contribution is -0.113. The van der Waals surface area contributed by atoms with E-state index in [4.69, 9.17) is 4.99 Å². The molecule has 0 saturated carbocycles. The van der Waals surface area contributed by atoms with Gasteiger partial charge < -0.3 is 0 Å². The lowest BCUT2D eigenvalue weighted by Gasteiger charge is -2.14. The number of anilines is 1. The standard InChI is InChI=1S/C25H16BrN3OS2/c26-19-11-7-8-17(14-19)15-22-23(30)29(20-12-5-2-6-13-20)25(32-22)28-24-27-21(16-31-24)18-9-3-1-4-10-18/h1-16H/b22-15-,28-25+. The van der Waals surface area contributed by atoms with Crippen molar-refractivity contribution < 1.29 is 4.79 Å². The van der Waals surface area contributed by atoms with E-state index in [0.717, 1.165) is 27.0 Å². The molecule has 7 heteroatoms. The molecule has 0 bridgehead atoms. The molecule has 1 aliphatic rings. The number of aliphatic imine (C=N–C) groups is 1. The van der Waals surface area contributed by atoms with Crippen LogP contribution in [0.3, 0.4) is 0 Å². The Balaban J connectivity index is 1.53. The number of hydrogen-bond acceptors (Lipinski definition) is 5. The minimum Gasteiger partial charge on any atom is -0.268 e. The average Bonchev–Trinajstić information content (AvgIpc) is 3.40. The van der Waals surface area contributed by atoms with Crippen molar-refractivity contribution in [3.63, 3.8) is 0 Å². The number of amides is 1. The maximum absolute atomic E-state index is 13.3. The van der Waals surface area contributed by atoms with E-state index in [2.05, 4.69) is 20.9 Å². The number of thioether (sulfide) groups is 1. The summed E-state index contributed by atoms with van der Waals surface area (Å²) in [6, 6.07) is 27.4. The molecule has 0 radical (unpaired) electrons. The number of benzene rings is 3. The number of halogens is 1. The van der Waals surface area contributed by atoms with E-state index >= 15 is 0 Å². The predicted molar refractivity (Wildman–Crippen MR) is 138 cm³/mol. The fraction of sp³-hybridized carbons (Fsp3) is 0. The quantitative estimate of drug-likeness (QED) is 0.265. The van der Waals surface area contributed by atoms with E-state index in [1.54, 1.807) is 4.90 Å². The van der Waals surface area contributed by atoms with Crippen molar-refractivity contribution in [3.8, 4) is 11.3 Å². The highest BCUT2D eigenvalue weighted by atomic mass is 79.9.